The molecule has 0 aliphatic heterocycles. The maximum Gasteiger partial charge on any atom is 0.130 e. The minimum Gasteiger partial charge on any atom is -0.457 e. The van der Waals surface area contributed by atoms with Gasteiger partial charge in [-0.2, -0.15) is 0 Å². The second-order valence-electron chi connectivity index (χ2n) is 9.13. The molecule has 2 rings (SSSR count). The minimum absolute atomic E-state index is 0.0950. The Morgan fingerprint density at radius 2 is 1.04 bits per heavy atom. The summed E-state index contributed by atoms with van der Waals surface area (Å²) in [5.74, 6) is 2.90. The average molecular weight is 407 g/mol. The second kappa shape index (κ2) is 8.88. The number of rotatable bonds is 6. The highest BCUT2D eigenvalue weighted by Crippen LogP contribution is 2.35. The Morgan fingerprint density at radius 1 is 0.667 bits per heavy atom. The van der Waals surface area contributed by atoms with Gasteiger partial charge in [0.1, 0.15) is 11.5 Å². The van der Waals surface area contributed by atoms with E-state index in [0.717, 1.165) is 35.5 Å². The molecule has 0 unspecified atom stereocenters. The van der Waals surface area contributed by atoms with Crippen LogP contribution in [0.25, 0.3) is 0 Å². The molecule has 0 aliphatic carbocycles. The van der Waals surface area contributed by atoms with Crippen LogP contribution in [0.2, 0.25) is 0 Å². The summed E-state index contributed by atoms with van der Waals surface area (Å²) >= 11 is 12.1. The molecule has 0 aliphatic rings. The molecular weight excluding hydrogens is 375 g/mol. The summed E-state index contributed by atoms with van der Waals surface area (Å²) in [4.78, 5) is 0. The fourth-order valence-corrected chi connectivity index (χ4v) is 3.41. The molecule has 0 N–H and O–H groups in total. The normalized spacial score (nSPS) is 12.3. The number of halogens is 2. The lowest BCUT2D eigenvalue weighted by molar-refractivity contribution is 0.468. The highest BCUT2D eigenvalue weighted by atomic mass is 35.5. The van der Waals surface area contributed by atoms with Crippen molar-refractivity contribution in [1.82, 2.24) is 0 Å². The van der Waals surface area contributed by atoms with Crippen molar-refractivity contribution in [2.24, 2.45) is 0 Å². The largest absolute Gasteiger partial charge is 0.457 e. The van der Waals surface area contributed by atoms with Crippen molar-refractivity contribution in [3.8, 4) is 11.5 Å². The third kappa shape index (κ3) is 5.90. The zero-order valence-corrected chi connectivity index (χ0v) is 19.0. The van der Waals surface area contributed by atoms with Gasteiger partial charge in [0.15, 0.2) is 0 Å². The van der Waals surface area contributed by atoms with Crippen LogP contribution in [0.5, 0.6) is 11.5 Å². The molecule has 148 valence electrons. The highest BCUT2D eigenvalue weighted by molar-refractivity contribution is 6.18. The van der Waals surface area contributed by atoms with Crippen LogP contribution in [0.4, 0.5) is 0 Å². The van der Waals surface area contributed by atoms with Gasteiger partial charge in [-0.1, -0.05) is 65.8 Å². The van der Waals surface area contributed by atoms with E-state index in [-0.39, 0.29) is 10.8 Å². The van der Waals surface area contributed by atoms with Crippen LogP contribution >= 0.6 is 23.2 Å². The van der Waals surface area contributed by atoms with E-state index < -0.39 is 0 Å². The van der Waals surface area contributed by atoms with Crippen molar-refractivity contribution in [3.63, 3.8) is 0 Å². The summed E-state index contributed by atoms with van der Waals surface area (Å²) in [6, 6.07) is 12.9. The topological polar surface area (TPSA) is 9.23 Å². The van der Waals surface area contributed by atoms with E-state index in [0.29, 0.717) is 11.8 Å². The Labute approximate surface area is 175 Å². The van der Waals surface area contributed by atoms with E-state index in [2.05, 4.69) is 77.9 Å². The monoisotopic (exact) mass is 406 g/mol. The molecule has 0 atom stereocenters. The number of aryl methyl sites for hydroxylation is 2. The first-order valence-corrected chi connectivity index (χ1v) is 10.7. The van der Waals surface area contributed by atoms with Gasteiger partial charge < -0.3 is 4.74 Å². The first kappa shape index (κ1) is 22.1. The van der Waals surface area contributed by atoms with Crippen LogP contribution in [0, 0.1) is 0 Å². The second-order valence-corrected chi connectivity index (χ2v) is 9.88. The van der Waals surface area contributed by atoms with Gasteiger partial charge in [-0.3, -0.25) is 0 Å². The molecule has 0 spiro atoms. The van der Waals surface area contributed by atoms with Crippen molar-refractivity contribution in [1.29, 1.82) is 0 Å². The smallest absolute Gasteiger partial charge is 0.130 e. The van der Waals surface area contributed by atoms with Crippen molar-refractivity contribution in [3.05, 3.63) is 58.7 Å². The Morgan fingerprint density at radius 3 is 1.33 bits per heavy atom. The number of hydrogen-bond acceptors (Lipinski definition) is 1. The van der Waals surface area contributed by atoms with Crippen LogP contribution in [0.15, 0.2) is 36.4 Å². The molecule has 0 heterocycles. The molecule has 2 aromatic rings. The van der Waals surface area contributed by atoms with Crippen molar-refractivity contribution in [2.75, 3.05) is 11.8 Å². The van der Waals surface area contributed by atoms with Crippen LogP contribution < -0.4 is 4.74 Å². The van der Waals surface area contributed by atoms with Crippen molar-refractivity contribution >= 4 is 23.2 Å². The third-order valence-electron chi connectivity index (χ3n) is 4.80. The number of alkyl halides is 2. The summed E-state index contributed by atoms with van der Waals surface area (Å²) in [5.41, 5.74) is 5.07. The summed E-state index contributed by atoms with van der Waals surface area (Å²) in [5, 5.41) is 0. The van der Waals surface area contributed by atoms with E-state index in [1.807, 2.05) is 0 Å². The van der Waals surface area contributed by atoms with Gasteiger partial charge in [0.2, 0.25) is 0 Å². The molecule has 2 aromatic carbocycles. The first-order chi connectivity index (χ1) is 12.6. The van der Waals surface area contributed by atoms with Gasteiger partial charge in [0.05, 0.1) is 0 Å². The highest BCUT2D eigenvalue weighted by Gasteiger charge is 2.19. The molecule has 1 nitrogen and oxygen atoms in total. The Kier molecular flexibility index (Phi) is 7.27. The van der Waals surface area contributed by atoms with Gasteiger partial charge in [0.25, 0.3) is 0 Å². The standard InChI is InChI=1S/C24H32Cl2O/c1-23(2,3)19-7-9-21(17(15-19)11-13-25)27-22-10-8-20(24(4,5)6)16-18(22)12-14-26/h7-10,15-16H,11-14H2,1-6H3. The maximum absolute atomic E-state index is 6.36. The molecule has 0 bridgehead atoms. The van der Waals surface area contributed by atoms with Gasteiger partial charge >= 0.3 is 0 Å². The molecule has 0 radical (unpaired) electrons. The summed E-state index contributed by atoms with van der Waals surface area (Å²) < 4.78 is 6.36. The first-order valence-electron chi connectivity index (χ1n) is 9.63. The molecule has 0 fully saturated rings. The lowest BCUT2D eigenvalue weighted by Gasteiger charge is -2.23. The van der Waals surface area contributed by atoms with E-state index in [9.17, 15) is 0 Å². The molecule has 0 saturated heterocycles. The van der Waals surface area contributed by atoms with Crippen LogP contribution in [0.1, 0.15) is 63.8 Å². The summed E-state index contributed by atoms with van der Waals surface area (Å²) in [6.45, 7) is 13.3. The molecule has 0 amide bonds. The summed E-state index contributed by atoms with van der Waals surface area (Å²) in [6.07, 6.45) is 1.57. The molecular formula is C24H32Cl2O. The lowest BCUT2D eigenvalue weighted by Crippen LogP contribution is -2.12. The number of ether oxygens (including phenoxy) is 1. The van der Waals surface area contributed by atoms with Crippen LogP contribution in [-0.4, -0.2) is 11.8 Å². The molecule has 27 heavy (non-hydrogen) atoms. The number of hydrogen-bond donors (Lipinski definition) is 0. The van der Waals surface area contributed by atoms with E-state index in [1.165, 1.54) is 11.1 Å². The zero-order chi connectivity index (χ0) is 20.2. The fraction of sp³-hybridized carbons (Fsp3) is 0.500. The quantitative estimate of drug-likeness (QED) is 0.447. The SMILES string of the molecule is CC(C)(C)c1ccc(Oc2ccc(C(C)(C)C)cc2CCCl)c(CCCl)c1. The van der Waals surface area contributed by atoms with Crippen LogP contribution in [0.3, 0.4) is 0 Å². The average Bonchev–Trinajstić information content (AvgIpc) is 2.56. The van der Waals surface area contributed by atoms with Crippen molar-refractivity contribution in [2.45, 2.75) is 65.2 Å². The molecule has 0 aromatic heterocycles. The van der Waals surface area contributed by atoms with E-state index >= 15 is 0 Å². The predicted molar refractivity (Wildman–Crippen MR) is 119 cm³/mol. The van der Waals surface area contributed by atoms with E-state index in [4.69, 9.17) is 27.9 Å². The van der Waals surface area contributed by atoms with Gasteiger partial charge in [-0.15, -0.1) is 23.2 Å². The van der Waals surface area contributed by atoms with Crippen LogP contribution in [-0.2, 0) is 23.7 Å². The third-order valence-corrected chi connectivity index (χ3v) is 5.18. The molecule has 3 heteroatoms. The Bertz CT molecular complexity index is 701. The molecule has 0 saturated carbocycles. The fourth-order valence-electron chi connectivity index (χ4n) is 3.00. The number of benzene rings is 2. The predicted octanol–water partition coefficient (Wildman–Crippen LogP) is 7.64. The Balaban J connectivity index is 2.43. The zero-order valence-electron chi connectivity index (χ0n) is 17.5. The Hall–Kier alpha value is -1.18. The van der Waals surface area contributed by atoms with Gasteiger partial charge in [-0.25, -0.2) is 0 Å². The van der Waals surface area contributed by atoms with Gasteiger partial charge in [-0.05, 0) is 58.1 Å². The maximum atomic E-state index is 6.36. The lowest BCUT2D eigenvalue weighted by atomic mass is 9.85. The van der Waals surface area contributed by atoms with E-state index in [1.54, 1.807) is 0 Å². The van der Waals surface area contributed by atoms with Crippen molar-refractivity contribution < 1.29 is 4.74 Å². The minimum atomic E-state index is 0.0950. The summed E-state index contributed by atoms with van der Waals surface area (Å²) in [7, 11) is 0. The van der Waals surface area contributed by atoms with Gasteiger partial charge in [0, 0.05) is 11.8 Å².